The summed E-state index contributed by atoms with van der Waals surface area (Å²) in [6, 6.07) is 6.07. The standard InChI is InChI=1S/2C28H33FN6O6S.2CH4/c2*1-16(2)32-11-8-20(24(32)36)34-25(37)23-17(3)26(35-30-9-10-31-35)42-27(23)33(28(34)38)15-22(41-13-12-39-4)19-14-18(29)6-7-21(19)40-5;;/h2*6-7,9-10,14,16,20,22H,8,11-13,15H2,1-5H3;2*1H4/t20?,22-;20-,22+;;/m01../s1. The number of likely N-dealkylation sites (tertiary alicyclic amines) is 2. The van der Waals surface area contributed by atoms with Crippen LogP contribution in [-0.2, 0) is 41.6 Å². The lowest BCUT2D eigenvalue weighted by Gasteiger charge is -2.24. The molecule has 2 aliphatic rings. The minimum Gasteiger partial charge on any atom is -0.496 e. The Morgan fingerprint density at radius 2 is 0.919 bits per heavy atom. The molecule has 0 N–H and O–H groups in total. The van der Waals surface area contributed by atoms with Crippen LogP contribution in [0.15, 0.2) is 80.4 Å². The molecule has 0 aliphatic carbocycles. The van der Waals surface area contributed by atoms with Crippen molar-refractivity contribution in [2.75, 3.05) is 68.0 Å². The van der Waals surface area contributed by atoms with E-state index in [1.807, 2.05) is 27.7 Å². The Balaban J connectivity index is 0.000000240. The predicted octanol–water partition coefficient (Wildman–Crippen LogP) is 6.97. The number of methoxy groups -OCH3 is 4. The number of hydrogen-bond donors (Lipinski definition) is 0. The highest BCUT2D eigenvalue weighted by Gasteiger charge is 2.40. The normalized spacial score (nSPS) is 15.8. The van der Waals surface area contributed by atoms with Gasteiger partial charge in [-0.25, -0.2) is 27.5 Å². The predicted molar refractivity (Wildman–Crippen MR) is 322 cm³/mol. The van der Waals surface area contributed by atoms with Gasteiger partial charge in [-0.05, 0) is 90.8 Å². The zero-order valence-electron chi connectivity index (χ0n) is 48.1. The Morgan fingerprint density at radius 3 is 1.23 bits per heavy atom. The zero-order valence-corrected chi connectivity index (χ0v) is 49.8. The van der Waals surface area contributed by atoms with E-state index in [9.17, 15) is 37.5 Å². The van der Waals surface area contributed by atoms with Crippen molar-refractivity contribution in [2.24, 2.45) is 0 Å². The van der Waals surface area contributed by atoms with E-state index in [4.69, 9.17) is 28.4 Å². The van der Waals surface area contributed by atoms with Crippen molar-refractivity contribution in [3.63, 3.8) is 0 Å². The van der Waals surface area contributed by atoms with Crippen LogP contribution in [0.5, 0.6) is 11.5 Å². The average Bonchev–Trinajstić information content (AvgIpc) is 1.68. The highest BCUT2D eigenvalue weighted by Crippen LogP contribution is 2.37. The van der Waals surface area contributed by atoms with Gasteiger partial charge >= 0.3 is 11.4 Å². The summed E-state index contributed by atoms with van der Waals surface area (Å²) in [6.07, 6.45) is 4.98. The van der Waals surface area contributed by atoms with Gasteiger partial charge in [-0.1, -0.05) is 37.5 Å². The maximum absolute atomic E-state index is 14.5. The van der Waals surface area contributed by atoms with Crippen LogP contribution in [0.4, 0.5) is 8.78 Å². The SMILES string of the molecule is C.C.COCCO[C@@H](Cn1c(=O)n(C2CCN(C(C)C)C2=O)c(=O)c2c(C)c(-n3nccn3)sc21)c1cc(F)ccc1OC.COCCO[C@@H](Cn1c(=O)n([C@@H]2CCN(C(C)C)C2=O)c(=O)c2c(C)c(-n3nccn3)sc21)c1cc(F)ccc1OC. The van der Waals surface area contributed by atoms with Crippen molar-refractivity contribution >= 4 is 54.9 Å². The van der Waals surface area contributed by atoms with Crippen LogP contribution in [0.2, 0.25) is 0 Å². The van der Waals surface area contributed by atoms with Gasteiger partial charge in [0.25, 0.3) is 11.1 Å². The van der Waals surface area contributed by atoms with E-state index in [0.29, 0.717) is 79.3 Å². The number of ether oxygens (including phenoxy) is 6. The van der Waals surface area contributed by atoms with Crippen molar-refractivity contribution in [3.05, 3.63) is 137 Å². The molecule has 2 amide bonds. The van der Waals surface area contributed by atoms with Crippen LogP contribution in [0.25, 0.3) is 30.4 Å². The average molecular weight is 1230 g/mol. The van der Waals surface area contributed by atoms with Crippen LogP contribution in [0.1, 0.15) is 102 Å². The van der Waals surface area contributed by atoms with Crippen LogP contribution < -0.4 is 32.0 Å². The summed E-state index contributed by atoms with van der Waals surface area (Å²) < 4.78 is 67.5. The molecule has 6 aromatic heterocycles. The van der Waals surface area contributed by atoms with Gasteiger partial charge in [-0.3, -0.25) is 28.3 Å². The summed E-state index contributed by atoms with van der Waals surface area (Å²) in [5, 5.41) is 18.5. The van der Waals surface area contributed by atoms with Crippen LogP contribution >= 0.6 is 22.7 Å². The molecule has 10 rings (SSSR count). The summed E-state index contributed by atoms with van der Waals surface area (Å²) >= 11 is 2.36. The topological polar surface area (TPSA) is 245 Å². The molecule has 0 bridgehead atoms. The molecule has 0 saturated carbocycles. The van der Waals surface area contributed by atoms with Crippen molar-refractivity contribution in [3.8, 4) is 21.5 Å². The third-order valence-electron chi connectivity index (χ3n) is 14.9. The molecule has 0 radical (unpaired) electrons. The van der Waals surface area contributed by atoms with E-state index in [-0.39, 0.29) is 89.0 Å². The highest BCUT2D eigenvalue weighted by molar-refractivity contribution is 7.21. The second-order valence-corrected chi connectivity index (χ2v) is 22.5. The number of halogens is 2. The van der Waals surface area contributed by atoms with Crippen LogP contribution in [0, 0.1) is 25.5 Å². The molecule has 1 unspecified atom stereocenters. The number of nitrogens with zero attached hydrogens (tertiary/aromatic N) is 12. The molecule has 28 heteroatoms. The second kappa shape index (κ2) is 28.2. The monoisotopic (exact) mass is 1230 g/mol. The molecule has 8 heterocycles. The van der Waals surface area contributed by atoms with Gasteiger partial charge in [0.05, 0.1) is 89.3 Å². The van der Waals surface area contributed by atoms with E-state index in [1.165, 1.54) is 131 Å². The molecule has 2 fully saturated rings. The smallest absolute Gasteiger partial charge is 0.332 e. The summed E-state index contributed by atoms with van der Waals surface area (Å²) in [6.45, 7) is 12.6. The van der Waals surface area contributed by atoms with Crippen LogP contribution in [0.3, 0.4) is 0 Å². The number of carbonyl (C=O) groups is 2. The maximum Gasteiger partial charge on any atom is 0.332 e. The fraction of sp³-hybridized carbons (Fsp3) is 0.483. The van der Waals surface area contributed by atoms with Gasteiger partial charge in [-0.2, -0.15) is 20.4 Å². The van der Waals surface area contributed by atoms with Gasteiger partial charge in [0.15, 0.2) is 0 Å². The lowest BCUT2D eigenvalue weighted by atomic mass is 10.1. The molecule has 2 saturated heterocycles. The van der Waals surface area contributed by atoms with Crippen molar-refractivity contribution in [1.82, 2.24) is 58.1 Å². The molecule has 24 nitrogen and oxygen atoms in total. The molecule has 0 spiro atoms. The third-order valence-corrected chi connectivity index (χ3v) is 17.5. The fourth-order valence-electron chi connectivity index (χ4n) is 10.8. The molecular formula is C58H74F2N12O12S2. The van der Waals surface area contributed by atoms with E-state index < -0.39 is 58.4 Å². The van der Waals surface area contributed by atoms with Gasteiger partial charge in [0.1, 0.15) is 67.1 Å². The molecule has 2 aliphatic heterocycles. The van der Waals surface area contributed by atoms with Crippen molar-refractivity contribution in [2.45, 2.75) is 119 Å². The first-order valence-corrected chi connectivity index (χ1v) is 28.8. The number of hydrogen-bond acceptors (Lipinski definition) is 18. The van der Waals surface area contributed by atoms with Gasteiger partial charge in [0.2, 0.25) is 11.8 Å². The number of rotatable bonds is 22. The maximum atomic E-state index is 14.5. The molecule has 8 aromatic rings. The van der Waals surface area contributed by atoms with Crippen LogP contribution in [-0.4, -0.2) is 150 Å². The van der Waals surface area contributed by atoms with E-state index in [0.717, 1.165) is 9.13 Å². The number of carbonyl (C=O) groups excluding carboxylic acids is 2. The van der Waals surface area contributed by atoms with E-state index >= 15 is 0 Å². The van der Waals surface area contributed by atoms with Crippen molar-refractivity contribution in [1.29, 1.82) is 0 Å². The quantitative estimate of drug-likeness (QED) is 0.0622. The summed E-state index contributed by atoms with van der Waals surface area (Å²) in [7, 11) is 5.99. The number of thiophene rings is 2. The first-order valence-electron chi connectivity index (χ1n) is 27.1. The first-order chi connectivity index (χ1) is 40.3. The minimum absolute atomic E-state index is 0. The Labute approximate surface area is 502 Å². The molecular weight excluding hydrogens is 1160 g/mol. The Bertz CT molecular complexity index is 3680. The molecule has 4 atom stereocenters. The number of aryl methyl sites for hydroxylation is 2. The van der Waals surface area contributed by atoms with Crippen molar-refractivity contribution < 1.29 is 46.8 Å². The first kappa shape index (κ1) is 65.8. The molecule has 464 valence electrons. The lowest BCUT2D eigenvalue weighted by Crippen LogP contribution is -2.45. The molecule has 86 heavy (non-hydrogen) atoms. The zero-order chi connectivity index (χ0) is 60.3. The summed E-state index contributed by atoms with van der Waals surface area (Å²) in [5.41, 5.74) is -0.505. The lowest BCUT2D eigenvalue weighted by molar-refractivity contribution is -0.132. The number of aromatic nitrogens is 10. The Kier molecular flexibility index (Phi) is 21.5. The van der Waals surface area contributed by atoms with Gasteiger partial charge in [-0.15, -0.1) is 9.59 Å². The number of amides is 2. The highest BCUT2D eigenvalue weighted by atomic mass is 32.1. The van der Waals surface area contributed by atoms with Gasteiger partial charge in [0, 0.05) is 61.6 Å². The Morgan fingerprint density at radius 1 is 0.558 bits per heavy atom. The second-order valence-electron chi connectivity index (χ2n) is 20.5. The Hall–Kier alpha value is -7.76. The summed E-state index contributed by atoms with van der Waals surface area (Å²) in [5.74, 6) is -0.818. The minimum atomic E-state index is -0.954. The molecule has 2 aromatic carbocycles. The van der Waals surface area contributed by atoms with E-state index in [1.54, 1.807) is 23.6 Å². The fourth-order valence-corrected chi connectivity index (χ4v) is 13.2. The summed E-state index contributed by atoms with van der Waals surface area (Å²) in [4.78, 5) is 90.3. The largest absolute Gasteiger partial charge is 0.496 e. The van der Waals surface area contributed by atoms with Gasteiger partial charge < -0.3 is 38.2 Å². The third kappa shape index (κ3) is 12.7. The van der Waals surface area contributed by atoms with E-state index in [2.05, 4.69) is 20.4 Å². The number of fused-ring (bicyclic) bond motifs is 2. The number of benzene rings is 2.